The summed E-state index contributed by atoms with van der Waals surface area (Å²) in [5.41, 5.74) is 7.96. The van der Waals surface area contributed by atoms with Crippen molar-refractivity contribution in [1.29, 1.82) is 0 Å². The van der Waals surface area contributed by atoms with Crippen LogP contribution in [0.2, 0.25) is 0 Å². The van der Waals surface area contributed by atoms with E-state index < -0.39 is 0 Å². The third kappa shape index (κ3) is 3.47. The van der Waals surface area contributed by atoms with Crippen LogP contribution in [0.1, 0.15) is 18.4 Å². The van der Waals surface area contributed by atoms with Gasteiger partial charge in [-0.3, -0.25) is 4.79 Å². The van der Waals surface area contributed by atoms with Gasteiger partial charge in [-0.1, -0.05) is 18.2 Å². The molecule has 4 heteroatoms. The van der Waals surface area contributed by atoms with Crippen LogP contribution in [0, 0.1) is 5.92 Å². The molecular formula is C15H22N2O2. The Morgan fingerprint density at radius 2 is 2.26 bits per heavy atom. The SMILES string of the molecule is COC(=O)Cc1ccccc1N1CCCC(CN)C1. The van der Waals surface area contributed by atoms with E-state index >= 15 is 0 Å². The third-order valence-electron chi connectivity index (χ3n) is 3.75. The van der Waals surface area contributed by atoms with E-state index in [9.17, 15) is 4.79 Å². The van der Waals surface area contributed by atoms with E-state index in [1.807, 2.05) is 18.2 Å². The first-order valence-electron chi connectivity index (χ1n) is 6.84. The fourth-order valence-corrected chi connectivity index (χ4v) is 2.67. The van der Waals surface area contributed by atoms with Crippen molar-refractivity contribution in [2.45, 2.75) is 19.3 Å². The maximum Gasteiger partial charge on any atom is 0.310 e. The highest BCUT2D eigenvalue weighted by molar-refractivity contribution is 5.75. The number of carbonyl (C=O) groups is 1. The highest BCUT2D eigenvalue weighted by atomic mass is 16.5. The van der Waals surface area contributed by atoms with Crippen molar-refractivity contribution in [2.24, 2.45) is 11.7 Å². The van der Waals surface area contributed by atoms with Gasteiger partial charge in [0.15, 0.2) is 0 Å². The van der Waals surface area contributed by atoms with Crippen molar-refractivity contribution < 1.29 is 9.53 Å². The standard InChI is InChI=1S/C15H22N2O2/c1-19-15(18)9-13-6-2-3-7-14(13)17-8-4-5-12(10-16)11-17/h2-3,6-7,12H,4-5,8-11,16H2,1H3. The van der Waals surface area contributed by atoms with Gasteiger partial charge < -0.3 is 15.4 Å². The largest absolute Gasteiger partial charge is 0.469 e. The van der Waals surface area contributed by atoms with Gasteiger partial charge in [-0.2, -0.15) is 0 Å². The Bertz CT molecular complexity index is 434. The molecule has 4 nitrogen and oxygen atoms in total. The van der Waals surface area contributed by atoms with Crippen LogP contribution < -0.4 is 10.6 Å². The van der Waals surface area contributed by atoms with E-state index in [-0.39, 0.29) is 5.97 Å². The third-order valence-corrected chi connectivity index (χ3v) is 3.75. The molecule has 1 aromatic carbocycles. The second kappa shape index (κ2) is 6.57. The quantitative estimate of drug-likeness (QED) is 0.837. The molecule has 1 heterocycles. The van der Waals surface area contributed by atoms with E-state index in [4.69, 9.17) is 10.5 Å². The average Bonchev–Trinajstić information content (AvgIpc) is 2.47. The van der Waals surface area contributed by atoms with Crippen LogP contribution in [0.4, 0.5) is 5.69 Å². The number of methoxy groups -OCH3 is 1. The molecular weight excluding hydrogens is 240 g/mol. The Morgan fingerprint density at radius 1 is 1.47 bits per heavy atom. The minimum absolute atomic E-state index is 0.195. The van der Waals surface area contributed by atoms with Crippen LogP contribution in [-0.4, -0.2) is 32.7 Å². The number of hydrogen-bond donors (Lipinski definition) is 1. The predicted molar refractivity (Wildman–Crippen MR) is 76.2 cm³/mol. The lowest BCUT2D eigenvalue weighted by Crippen LogP contribution is -2.38. The van der Waals surface area contributed by atoms with E-state index in [1.54, 1.807) is 0 Å². The topological polar surface area (TPSA) is 55.6 Å². The summed E-state index contributed by atoms with van der Waals surface area (Å²) in [6.07, 6.45) is 2.69. The Labute approximate surface area is 114 Å². The van der Waals surface area contributed by atoms with Crippen LogP contribution >= 0.6 is 0 Å². The zero-order valence-corrected chi connectivity index (χ0v) is 11.5. The van der Waals surface area contributed by atoms with Crippen LogP contribution in [0.25, 0.3) is 0 Å². The highest BCUT2D eigenvalue weighted by Gasteiger charge is 2.21. The Hall–Kier alpha value is -1.55. The monoisotopic (exact) mass is 262 g/mol. The van der Waals surface area contributed by atoms with Crippen LogP contribution in [0.15, 0.2) is 24.3 Å². The first-order chi connectivity index (χ1) is 9.24. The van der Waals surface area contributed by atoms with Crippen molar-refractivity contribution in [1.82, 2.24) is 0 Å². The molecule has 0 bridgehead atoms. The second-order valence-electron chi connectivity index (χ2n) is 5.07. The number of piperidine rings is 1. The summed E-state index contributed by atoms with van der Waals surface area (Å²) in [6.45, 7) is 2.75. The molecule has 1 unspecified atom stereocenters. The van der Waals surface area contributed by atoms with Crippen molar-refractivity contribution >= 4 is 11.7 Å². The molecule has 0 aromatic heterocycles. The summed E-state index contributed by atoms with van der Waals surface area (Å²) in [4.78, 5) is 13.8. The molecule has 2 N–H and O–H groups in total. The molecule has 0 aliphatic carbocycles. The minimum Gasteiger partial charge on any atom is -0.469 e. The number of esters is 1. The fourth-order valence-electron chi connectivity index (χ4n) is 2.67. The minimum atomic E-state index is -0.195. The number of benzene rings is 1. The Kier molecular flexibility index (Phi) is 4.80. The van der Waals surface area contributed by atoms with Gasteiger partial charge in [0.05, 0.1) is 13.5 Å². The second-order valence-corrected chi connectivity index (χ2v) is 5.07. The first-order valence-corrected chi connectivity index (χ1v) is 6.84. The molecule has 1 atom stereocenters. The molecule has 0 amide bonds. The normalized spacial score (nSPS) is 19.3. The summed E-state index contributed by atoms with van der Waals surface area (Å²) in [7, 11) is 1.43. The average molecular weight is 262 g/mol. The van der Waals surface area contributed by atoms with Gasteiger partial charge in [0.1, 0.15) is 0 Å². The lowest BCUT2D eigenvalue weighted by Gasteiger charge is -2.35. The van der Waals surface area contributed by atoms with Gasteiger partial charge in [0.25, 0.3) is 0 Å². The van der Waals surface area contributed by atoms with Crippen LogP contribution in [0.5, 0.6) is 0 Å². The maximum atomic E-state index is 11.5. The maximum absolute atomic E-state index is 11.5. The van der Waals surface area contributed by atoms with Gasteiger partial charge in [0, 0.05) is 18.8 Å². The van der Waals surface area contributed by atoms with Crippen molar-refractivity contribution in [3.8, 4) is 0 Å². The lowest BCUT2D eigenvalue weighted by atomic mass is 9.96. The van der Waals surface area contributed by atoms with E-state index in [1.165, 1.54) is 13.5 Å². The summed E-state index contributed by atoms with van der Waals surface area (Å²) >= 11 is 0. The fraction of sp³-hybridized carbons (Fsp3) is 0.533. The molecule has 1 fully saturated rings. The molecule has 1 aromatic rings. The molecule has 1 aliphatic rings. The predicted octanol–water partition coefficient (Wildman–Crippen LogP) is 1.58. The number of hydrogen-bond acceptors (Lipinski definition) is 4. The zero-order valence-electron chi connectivity index (χ0n) is 11.5. The Balaban J connectivity index is 2.16. The van der Waals surface area contributed by atoms with Crippen LogP contribution in [-0.2, 0) is 16.0 Å². The van der Waals surface area contributed by atoms with E-state index in [0.29, 0.717) is 12.3 Å². The van der Waals surface area contributed by atoms with Gasteiger partial charge in [-0.15, -0.1) is 0 Å². The van der Waals surface area contributed by atoms with Gasteiger partial charge in [-0.05, 0) is 36.9 Å². The number of nitrogens with zero attached hydrogens (tertiary/aromatic N) is 1. The van der Waals surface area contributed by atoms with Crippen molar-refractivity contribution in [2.75, 3.05) is 31.6 Å². The molecule has 19 heavy (non-hydrogen) atoms. The number of rotatable bonds is 4. The molecule has 1 aliphatic heterocycles. The van der Waals surface area contributed by atoms with Crippen molar-refractivity contribution in [3.63, 3.8) is 0 Å². The number of anilines is 1. The summed E-state index contributed by atoms with van der Waals surface area (Å²) in [5.74, 6) is 0.361. The summed E-state index contributed by atoms with van der Waals surface area (Å²) in [6, 6.07) is 8.06. The molecule has 0 saturated carbocycles. The molecule has 0 radical (unpaired) electrons. The van der Waals surface area contributed by atoms with Crippen LogP contribution in [0.3, 0.4) is 0 Å². The van der Waals surface area contributed by atoms with E-state index in [2.05, 4.69) is 11.0 Å². The zero-order chi connectivity index (χ0) is 13.7. The highest BCUT2D eigenvalue weighted by Crippen LogP contribution is 2.26. The molecule has 104 valence electrons. The smallest absolute Gasteiger partial charge is 0.310 e. The Morgan fingerprint density at radius 3 is 3.00 bits per heavy atom. The molecule has 2 rings (SSSR count). The van der Waals surface area contributed by atoms with Gasteiger partial charge in [0.2, 0.25) is 0 Å². The lowest BCUT2D eigenvalue weighted by molar-refractivity contribution is -0.139. The molecule has 0 spiro atoms. The molecule has 1 saturated heterocycles. The summed E-state index contributed by atoms with van der Waals surface area (Å²) < 4.78 is 4.76. The number of carbonyl (C=O) groups excluding carboxylic acids is 1. The van der Waals surface area contributed by atoms with Crippen molar-refractivity contribution in [3.05, 3.63) is 29.8 Å². The van der Waals surface area contributed by atoms with E-state index in [0.717, 1.165) is 37.3 Å². The van der Waals surface area contributed by atoms with Gasteiger partial charge in [-0.25, -0.2) is 0 Å². The number of ether oxygens (including phenoxy) is 1. The number of para-hydroxylation sites is 1. The van der Waals surface area contributed by atoms with Gasteiger partial charge >= 0.3 is 5.97 Å². The summed E-state index contributed by atoms with van der Waals surface area (Å²) in [5, 5.41) is 0. The number of nitrogens with two attached hydrogens (primary N) is 1. The first kappa shape index (κ1) is 13.9.